The Labute approximate surface area is 103 Å². The number of primary sulfonamides is 1. The Balaban J connectivity index is 3.05. The summed E-state index contributed by atoms with van der Waals surface area (Å²) in [6, 6.07) is 4.30. The van der Waals surface area contributed by atoms with Crippen LogP contribution < -0.4 is 9.88 Å². The average molecular weight is 277 g/mol. The van der Waals surface area contributed by atoms with Crippen LogP contribution in [-0.4, -0.2) is 31.7 Å². The second kappa shape index (κ2) is 5.39. The fourth-order valence-electron chi connectivity index (χ4n) is 1.07. The van der Waals surface area contributed by atoms with E-state index in [1.54, 1.807) is 0 Å². The molecule has 3 N–H and O–H groups in total. The first-order valence-electron chi connectivity index (χ1n) is 4.38. The predicted octanol–water partition coefficient (Wildman–Crippen LogP) is 0.732. The molecule has 1 aromatic carbocycles. The summed E-state index contributed by atoms with van der Waals surface area (Å²) in [4.78, 5) is 11.2. The van der Waals surface area contributed by atoms with Crippen LogP contribution in [0.15, 0.2) is 23.1 Å². The first-order valence-corrected chi connectivity index (χ1v) is 7.08. The molecule has 1 rings (SSSR count). The minimum Gasteiger partial charge on any atom is -0.497 e. The lowest BCUT2D eigenvalue weighted by molar-refractivity contribution is 0.0693. The van der Waals surface area contributed by atoms with Crippen LogP contribution in [0, 0.1) is 0 Å². The van der Waals surface area contributed by atoms with Gasteiger partial charge in [-0.3, -0.25) is 0 Å². The normalized spacial score (nSPS) is 11.2. The molecule has 1 aromatic rings. The van der Waals surface area contributed by atoms with Crippen LogP contribution in [0.25, 0.3) is 0 Å². The molecule has 0 spiro atoms. The van der Waals surface area contributed by atoms with E-state index in [1.807, 2.05) is 0 Å². The maximum absolute atomic E-state index is 10.9. The largest absolute Gasteiger partial charge is 0.497 e. The topological polar surface area (TPSA) is 107 Å². The van der Waals surface area contributed by atoms with E-state index in [0.717, 1.165) is 11.8 Å². The summed E-state index contributed by atoms with van der Waals surface area (Å²) in [5, 5.41) is 13.4. The van der Waals surface area contributed by atoms with E-state index in [4.69, 9.17) is 15.0 Å². The second-order valence-corrected chi connectivity index (χ2v) is 6.09. The number of methoxy groups -OCH3 is 1. The Morgan fingerprint density at radius 2 is 2.18 bits per heavy atom. The monoisotopic (exact) mass is 277 g/mol. The fourth-order valence-corrected chi connectivity index (χ4v) is 2.75. The van der Waals surface area contributed by atoms with Crippen molar-refractivity contribution in [1.82, 2.24) is 0 Å². The molecule has 0 radical (unpaired) electrons. The number of rotatable bonds is 5. The Morgan fingerprint density at radius 1 is 1.53 bits per heavy atom. The highest BCUT2D eigenvalue weighted by Gasteiger charge is 2.14. The number of thioether (sulfide) groups is 1. The van der Waals surface area contributed by atoms with E-state index < -0.39 is 16.0 Å². The van der Waals surface area contributed by atoms with Gasteiger partial charge in [0.15, 0.2) is 0 Å². The summed E-state index contributed by atoms with van der Waals surface area (Å²) in [5.74, 6) is -0.684. The van der Waals surface area contributed by atoms with Crippen LogP contribution in [-0.2, 0) is 10.0 Å². The molecule has 0 aliphatic carbocycles. The predicted molar refractivity (Wildman–Crippen MR) is 63.8 cm³/mol. The van der Waals surface area contributed by atoms with E-state index >= 15 is 0 Å². The van der Waals surface area contributed by atoms with Crippen LogP contribution in [0.4, 0.5) is 0 Å². The molecule has 0 aromatic heterocycles. The molecule has 0 bridgehead atoms. The third-order valence-electron chi connectivity index (χ3n) is 1.80. The third-order valence-corrected chi connectivity index (χ3v) is 4.23. The molecule has 0 saturated heterocycles. The smallest absolute Gasteiger partial charge is 0.336 e. The van der Waals surface area contributed by atoms with E-state index in [-0.39, 0.29) is 10.6 Å². The van der Waals surface area contributed by atoms with Crippen LogP contribution >= 0.6 is 11.8 Å². The number of hydrogen-bond donors (Lipinski definition) is 2. The SMILES string of the molecule is COc1ccc(C(=O)O)c(SCS(N)(=O)=O)c1. The first kappa shape index (κ1) is 13.8. The van der Waals surface area contributed by atoms with E-state index in [2.05, 4.69) is 0 Å². The van der Waals surface area contributed by atoms with Gasteiger partial charge >= 0.3 is 5.97 Å². The Hall–Kier alpha value is -1.25. The van der Waals surface area contributed by atoms with Gasteiger partial charge in [-0.05, 0) is 18.2 Å². The van der Waals surface area contributed by atoms with Gasteiger partial charge < -0.3 is 9.84 Å². The molecule has 8 heteroatoms. The van der Waals surface area contributed by atoms with Gasteiger partial charge in [-0.15, -0.1) is 11.8 Å². The number of aromatic carboxylic acids is 1. The highest BCUT2D eigenvalue weighted by Crippen LogP contribution is 2.27. The molecule has 0 aliphatic rings. The van der Waals surface area contributed by atoms with Crippen molar-refractivity contribution in [2.24, 2.45) is 5.14 Å². The lowest BCUT2D eigenvalue weighted by Gasteiger charge is -2.07. The van der Waals surface area contributed by atoms with E-state index in [0.29, 0.717) is 10.6 Å². The number of sulfonamides is 1. The summed E-state index contributed by atoms with van der Waals surface area (Å²) in [7, 11) is -2.22. The third kappa shape index (κ3) is 4.25. The maximum Gasteiger partial charge on any atom is 0.336 e. The van der Waals surface area contributed by atoms with Crippen LogP contribution in [0.2, 0.25) is 0 Å². The van der Waals surface area contributed by atoms with Crippen LogP contribution in [0.3, 0.4) is 0 Å². The van der Waals surface area contributed by atoms with Crippen molar-refractivity contribution >= 4 is 27.8 Å². The van der Waals surface area contributed by atoms with Crippen molar-refractivity contribution in [2.45, 2.75) is 4.90 Å². The van der Waals surface area contributed by atoms with Gasteiger partial charge in [0, 0.05) is 4.90 Å². The van der Waals surface area contributed by atoms with Gasteiger partial charge in [0.25, 0.3) is 0 Å². The Kier molecular flexibility index (Phi) is 4.38. The molecule has 0 atom stereocenters. The summed E-state index contributed by atoms with van der Waals surface area (Å²) in [5.41, 5.74) is 0.0134. The van der Waals surface area contributed by atoms with Gasteiger partial charge in [-0.1, -0.05) is 0 Å². The van der Waals surface area contributed by atoms with Gasteiger partial charge in [-0.2, -0.15) is 0 Å². The lowest BCUT2D eigenvalue weighted by Crippen LogP contribution is -2.14. The van der Waals surface area contributed by atoms with Crippen molar-refractivity contribution in [1.29, 1.82) is 0 Å². The number of benzene rings is 1. The van der Waals surface area contributed by atoms with Crippen molar-refractivity contribution < 1.29 is 23.1 Å². The standard InChI is InChI=1S/C9H11NO5S2/c1-15-6-2-3-7(9(11)12)8(4-6)16-5-17(10,13)14/h2-4H,5H2,1H3,(H,11,12)(H2,10,13,14). The molecule has 17 heavy (non-hydrogen) atoms. The van der Waals surface area contributed by atoms with Gasteiger partial charge in [-0.25, -0.2) is 18.4 Å². The van der Waals surface area contributed by atoms with Gasteiger partial charge in [0.1, 0.15) is 10.8 Å². The molecule has 0 amide bonds. The quantitative estimate of drug-likeness (QED) is 0.768. The molecular weight excluding hydrogens is 266 g/mol. The highest BCUT2D eigenvalue weighted by molar-refractivity contribution is 8.11. The molecular formula is C9H11NO5S2. The number of carboxylic acid groups (broad SMARTS) is 1. The molecule has 0 unspecified atom stereocenters. The minimum atomic E-state index is -3.66. The van der Waals surface area contributed by atoms with Crippen molar-refractivity contribution in [3.63, 3.8) is 0 Å². The number of hydrogen-bond acceptors (Lipinski definition) is 5. The molecule has 94 valence electrons. The van der Waals surface area contributed by atoms with Gasteiger partial charge in [0.2, 0.25) is 10.0 Å². The molecule has 0 heterocycles. The maximum atomic E-state index is 10.9. The zero-order valence-corrected chi connectivity index (χ0v) is 10.5. The van der Waals surface area contributed by atoms with Crippen molar-refractivity contribution in [2.75, 3.05) is 12.2 Å². The first-order chi connectivity index (χ1) is 7.83. The number of nitrogens with two attached hydrogens (primary N) is 1. The zero-order valence-electron chi connectivity index (χ0n) is 8.91. The van der Waals surface area contributed by atoms with Crippen molar-refractivity contribution in [3.8, 4) is 5.75 Å². The summed E-state index contributed by atoms with van der Waals surface area (Å²) in [6.45, 7) is 0. The zero-order chi connectivity index (χ0) is 13.1. The minimum absolute atomic E-state index is 0.0134. The Bertz CT molecular complexity index is 526. The van der Waals surface area contributed by atoms with Gasteiger partial charge in [0.05, 0.1) is 12.7 Å². The molecule has 0 aliphatic heterocycles. The van der Waals surface area contributed by atoms with Crippen molar-refractivity contribution in [3.05, 3.63) is 23.8 Å². The number of carboxylic acids is 1. The molecule has 6 nitrogen and oxygen atoms in total. The van der Waals surface area contributed by atoms with E-state index in [9.17, 15) is 13.2 Å². The van der Waals surface area contributed by atoms with E-state index in [1.165, 1.54) is 25.3 Å². The average Bonchev–Trinajstić information content (AvgIpc) is 2.24. The molecule has 0 fully saturated rings. The second-order valence-electron chi connectivity index (χ2n) is 3.09. The summed E-state index contributed by atoms with van der Waals surface area (Å²) in [6.07, 6.45) is 0. The molecule has 0 saturated carbocycles. The highest BCUT2D eigenvalue weighted by atomic mass is 32.3. The lowest BCUT2D eigenvalue weighted by atomic mass is 10.2. The summed E-state index contributed by atoms with van der Waals surface area (Å²) >= 11 is 0.838. The van der Waals surface area contributed by atoms with Crippen LogP contribution in [0.1, 0.15) is 10.4 Å². The van der Waals surface area contributed by atoms with Crippen LogP contribution in [0.5, 0.6) is 5.75 Å². The number of ether oxygens (including phenoxy) is 1. The number of carbonyl (C=O) groups is 1. The Morgan fingerprint density at radius 3 is 2.65 bits per heavy atom. The fraction of sp³-hybridized carbons (Fsp3) is 0.222. The summed E-state index contributed by atoms with van der Waals surface area (Å²) < 4.78 is 26.6.